The minimum Gasteiger partial charge on any atom is -0.508 e. The molecule has 0 bridgehead atoms. The van der Waals surface area contributed by atoms with Crippen LogP contribution in [0.2, 0.25) is 0 Å². The van der Waals surface area contributed by atoms with Gasteiger partial charge in [0.05, 0.1) is 0 Å². The number of benzene rings is 1. The lowest BCUT2D eigenvalue weighted by Gasteiger charge is -2.19. The maximum atomic E-state index is 12.9. The van der Waals surface area contributed by atoms with E-state index in [0.717, 1.165) is 42.0 Å². The Morgan fingerprint density at radius 1 is 1.10 bits per heavy atom. The maximum Gasteiger partial charge on any atom is 0.246 e. The lowest BCUT2D eigenvalue weighted by Crippen LogP contribution is -2.24. The van der Waals surface area contributed by atoms with Gasteiger partial charge >= 0.3 is 0 Å². The van der Waals surface area contributed by atoms with Gasteiger partial charge in [-0.3, -0.25) is 0 Å². The van der Waals surface area contributed by atoms with Crippen LogP contribution in [0.25, 0.3) is 0 Å². The molecule has 1 aromatic rings. The molecule has 0 unspecified atom stereocenters. The number of aryl methyl sites for hydroxylation is 1. The molecule has 0 fully saturated rings. The van der Waals surface area contributed by atoms with E-state index in [1.165, 1.54) is 25.7 Å². The van der Waals surface area contributed by atoms with Gasteiger partial charge in [0.1, 0.15) is 16.4 Å². The van der Waals surface area contributed by atoms with E-state index in [0.29, 0.717) is 12.0 Å². The molecule has 0 radical (unpaired) electrons. The quantitative estimate of drug-likeness (QED) is 0.373. The summed E-state index contributed by atoms with van der Waals surface area (Å²) < 4.78 is 26.9. The zero-order valence-corrected chi connectivity index (χ0v) is 19.6. The molecule has 29 heavy (non-hydrogen) atoms. The molecule has 0 atom stereocenters. The summed E-state index contributed by atoms with van der Waals surface area (Å²) in [5.74, 6) is -0.390. The van der Waals surface area contributed by atoms with Gasteiger partial charge in [-0.1, -0.05) is 43.1 Å². The number of phenolic OH excluding ortho intramolecular Hbond substituents is 2. The highest BCUT2D eigenvalue weighted by atomic mass is 32.2. The van der Waals surface area contributed by atoms with Crippen molar-refractivity contribution in [1.29, 1.82) is 0 Å². The molecule has 0 saturated carbocycles. The van der Waals surface area contributed by atoms with E-state index in [-0.39, 0.29) is 28.4 Å². The highest BCUT2D eigenvalue weighted by molar-refractivity contribution is 7.89. The molecule has 1 aromatic carbocycles. The van der Waals surface area contributed by atoms with E-state index < -0.39 is 10.0 Å². The lowest BCUT2D eigenvalue weighted by molar-refractivity contribution is 0.423. The first-order valence-corrected chi connectivity index (χ1v) is 11.7. The Bertz CT molecular complexity index is 848. The van der Waals surface area contributed by atoms with Gasteiger partial charge in [0.2, 0.25) is 10.0 Å². The molecule has 2 N–H and O–H groups in total. The Kier molecular flexibility index (Phi) is 9.93. The normalized spacial score (nSPS) is 12.4. The molecular weight excluding hydrogens is 386 g/mol. The van der Waals surface area contributed by atoms with Crippen molar-refractivity contribution < 1.29 is 18.6 Å². The van der Waals surface area contributed by atoms with Crippen molar-refractivity contribution in [2.24, 2.45) is 0 Å². The zero-order chi connectivity index (χ0) is 22.2. The third-order valence-corrected chi connectivity index (χ3v) is 6.88. The fourth-order valence-corrected chi connectivity index (χ4v) is 4.34. The first-order chi connectivity index (χ1) is 13.5. The van der Waals surface area contributed by atoms with Gasteiger partial charge in [0.15, 0.2) is 0 Å². The molecule has 0 aliphatic rings. The minimum atomic E-state index is -3.83. The third kappa shape index (κ3) is 7.19. The smallest absolute Gasteiger partial charge is 0.246 e. The number of aromatic hydroxyl groups is 2. The molecule has 0 heterocycles. The molecule has 5 nitrogen and oxygen atoms in total. The second-order valence-electron chi connectivity index (χ2n) is 8.03. The second kappa shape index (κ2) is 11.4. The first kappa shape index (κ1) is 25.2. The van der Waals surface area contributed by atoms with Gasteiger partial charge in [-0.25, -0.2) is 12.7 Å². The Morgan fingerprint density at radius 3 is 2.31 bits per heavy atom. The number of hydrogen-bond acceptors (Lipinski definition) is 4. The average molecular weight is 424 g/mol. The zero-order valence-electron chi connectivity index (χ0n) is 18.7. The van der Waals surface area contributed by atoms with Crippen molar-refractivity contribution in [3.8, 4) is 11.5 Å². The van der Waals surface area contributed by atoms with Gasteiger partial charge in [0, 0.05) is 19.7 Å². The van der Waals surface area contributed by atoms with Crippen LogP contribution in [0.5, 0.6) is 11.5 Å². The summed E-state index contributed by atoms with van der Waals surface area (Å²) in [7, 11) is -0.935. The van der Waals surface area contributed by atoms with Crippen LogP contribution in [-0.4, -0.2) is 37.0 Å². The fourth-order valence-electron chi connectivity index (χ4n) is 3.12. The molecule has 0 spiro atoms. The molecule has 0 saturated heterocycles. The summed E-state index contributed by atoms with van der Waals surface area (Å²) in [6.07, 6.45) is 9.45. The summed E-state index contributed by atoms with van der Waals surface area (Å²) in [5.41, 5.74) is 3.12. The molecule has 0 aromatic heterocycles. The highest BCUT2D eigenvalue weighted by Crippen LogP contribution is 2.39. The van der Waals surface area contributed by atoms with Crippen molar-refractivity contribution in [2.75, 3.05) is 14.1 Å². The van der Waals surface area contributed by atoms with Crippen molar-refractivity contribution in [3.63, 3.8) is 0 Å². The Morgan fingerprint density at radius 2 is 1.76 bits per heavy atom. The van der Waals surface area contributed by atoms with Crippen molar-refractivity contribution in [3.05, 3.63) is 40.5 Å². The van der Waals surface area contributed by atoms with Crippen LogP contribution in [0.1, 0.15) is 70.9 Å². The topological polar surface area (TPSA) is 77.8 Å². The minimum absolute atomic E-state index is 0.0555. The molecule has 0 aliphatic carbocycles. The first-order valence-electron chi connectivity index (χ1n) is 10.3. The monoisotopic (exact) mass is 423 g/mol. The number of nitrogens with zero attached hydrogens (tertiary/aromatic N) is 1. The highest BCUT2D eigenvalue weighted by Gasteiger charge is 2.28. The second-order valence-corrected chi connectivity index (χ2v) is 10.1. The van der Waals surface area contributed by atoms with Crippen LogP contribution < -0.4 is 0 Å². The van der Waals surface area contributed by atoms with E-state index in [2.05, 4.69) is 26.8 Å². The Hall–Kier alpha value is -1.79. The van der Waals surface area contributed by atoms with Gasteiger partial charge in [-0.15, -0.1) is 0 Å². The third-order valence-electron chi connectivity index (χ3n) is 4.95. The van der Waals surface area contributed by atoms with E-state index in [4.69, 9.17) is 0 Å². The fraction of sp³-hybridized carbons (Fsp3) is 0.565. The van der Waals surface area contributed by atoms with Gasteiger partial charge < -0.3 is 10.2 Å². The van der Waals surface area contributed by atoms with Crippen LogP contribution in [0.3, 0.4) is 0 Å². The van der Waals surface area contributed by atoms with Crippen LogP contribution in [0.15, 0.2) is 34.3 Å². The summed E-state index contributed by atoms with van der Waals surface area (Å²) in [6, 6.07) is 1.51. The van der Waals surface area contributed by atoms with Crippen molar-refractivity contribution >= 4 is 10.0 Å². The number of unbranched alkanes of at least 4 members (excludes halogenated alkanes) is 2. The molecule has 0 amide bonds. The van der Waals surface area contributed by atoms with Crippen LogP contribution in [-0.2, 0) is 22.9 Å². The summed E-state index contributed by atoms with van der Waals surface area (Å²) in [5, 5.41) is 21.4. The van der Waals surface area contributed by atoms with Gasteiger partial charge in [0.25, 0.3) is 0 Å². The molecule has 1 rings (SSSR count). The van der Waals surface area contributed by atoms with E-state index in [9.17, 15) is 18.6 Å². The Balaban J connectivity index is 3.31. The van der Waals surface area contributed by atoms with E-state index >= 15 is 0 Å². The predicted octanol–water partition coefficient (Wildman–Crippen LogP) is 5.32. The van der Waals surface area contributed by atoms with Gasteiger partial charge in [-0.05, 0) is 64.5 Å². The van der Waals surface area contributed by atoms with E-state index in [1.54, 1.807) is 0 Å². The summed E-state index contributed by atoms with van der Waals surface area (Å²) in [6.45, 7) is 8.19. The molecule has 164 valence electrons. The number of hydrogen-bond donors (Lipinski definition) is 2. The Labute approximate surface area is 176 Å². The number of allylic oxidation sites excluding steroid dienone is 4. The number of rotatable bonds is 11. The van der Waals surface area contributed by atoms with Crippen LogP contribution in [0, 0.1) is 0 Å². The van der Waals surface area contributed by atoms with Crippen LogP contribution in [0.4, 0.5) is 0 Å². The van der Waals surface area contributed by atoms with Gasteiger partial charge in [-0.2, -0.15) is 0 Å². The molecular formula is C23H37NO4S. The number of sulfonamides is 1. The summed E-state index contributed by atoms with van der Waals surface area (Å²) in [4.78, 5) is -0.0815. The van der Waals surface area contributed by atoms with Crippen molar-refractivity contribution in [1.82, 2.24) is 4.31 Å². The van der Waals surface area contributed by atoms with E-state index in [1.807, 2.05) is 13.0 Å². The lowest BCUT2D eigenvalue weighted by atomic mass is 10.00. The van der Waals surface area contributed by atoms with Crippen LogP contribution >= 0.6 is 0 Å². The maximum absolute atomic E-state index is 12.9. The molecule has 0 aliphatic heterocycles. The molecule has 6 heteroatoms. The predicted molar refractivity (Wildman–Crippen MR) is 120 cm³/mol. The summed E-state index contributed by atoms with van der Waals surface area (Å²) >= 11 is 0. The SMILES string of the molecule is CCCCCc1cc(O)c(CC=C(C)CCC=C(C)C)c(O)c1S(=O)(=O)N(C)C. The standard InChI is InChI=1S/C23H37NO4S/c1-7-8-9-13-19-16-21(25)20(15-14-18(4)12-10-11-17(2)3)22(26)23(19)29(27,28)24(5)6/h11,14,16,25-26H,7-10,12-13,15H2,1-6H3. The van der Waals surface area contributed by atoms with Crippen molar-refractivity contribution in [2.45, 2.75) is 77.5 Å². The largest absolute Gasteiger partial charge is 0.508 e. The number of phenols is 2. The average Bonchev–Trinajstić information content (AvgIpc) is 2.60.